The maximum atomic E-state index is 12.2. The third-order valence-electron chi connectivity index (χ3n) is 3.34. The third-order valence-corrected chi connectivity index (χ3v) is 4.28. The van der Waals surface area contributed by atoms with Crippen LogP contribution >= 0.6 is 11.8 Å². The molecule has 118 valence electrons. The molecule has 1 aromatic heterocycles. The molecule has 1 aromatic carbocycles. The minimum Gasteiger partial charge on any atom is -0.355 e. The van der Waals surface area contributed by atoms with Crippen LogP contribution in [-0.2, 0) is 11.8 Å². The number of rotatable bonds is 6. The molecule has 0 unspecified atom stereocenters. The van der Waals surface area contributed by atoms with Gasteiger partial charge in [0, 0.05) is 13.6 Å². The molecule has 0 bridgehead atoms. The molecule has 6 heteroatoms. The number of hydrogen-bond acceptors (Lipinski definition) is 4. The molecule has 0 spiro atoms. The van der Waals surface area contributed by atoms with E-state index in [2.05, 4.69) is 24.1 Å². The molecule has 0 fully saturated rings. The average Bonchev–Trinajstić information content (AvgIpc) is 2.49. The summed E-state index contributed by atoms with van der Waals surface area (Å²) in [6, 6.07) is 7.48. The fourth-order valence-corrected chi connectivity index (χ4v) is 2.82. The Kier molecular flexibility index (Phi) is 5.60. The van der Waals surface area contributed by atoms with Gasteiger partial charge in [0.1, 0.15) is 0 Å². The molecule has 2 aromatic rings. The Labute approximate surface area is 134 Å². The molecule has 0 aliphatic heterocycles. The fraction of sp³-hybridized carbons (Fsp3) is 0.438. The molecule has 0 saturated carbocycles. The molecule has 5 nitrogen and oxygen atoms in total. The predicted molar refractivity (Wildman–Crippen MR) is 90.2 cm³/mol. The number of hydrogen-bond donors (Lipinski definition) is 1. The Morgan fingerprint density at radius 3 is 2.82 bits per heavy atom. The first-order valence-electron chi connectivity index (χ1n) is 7.34. The highest BCUT2D eigenvalue weighted by Crippen LogP contribution is 2.15. The van der Waals surface area contributed by atoms with E-state index >= 15 is 0 Å². The van der Waals surface area contributed by atoms with Crippen molar-refractivity contribution in [2.45, 2.75) is 25.3 Å². The summed E-state index contributed by atoms with van der Waals surface area (Å²) in [6.07, 6.45) is 0.951. The first-order chi connectivity index (χ1) is 10.5. The molecule has 0 radical (unpaired) electrons. The van der Waals surface area contributed by atoms with Gasteiger partial charge in [0.2, 0.25) is 5.91 Å². The highest BCUT2D eigenvalue weighted by atomic mass is 32.2. The SMILES string of the molecule is CC(C)CCNC(=O)CSc1nc2ccccc2n(C)c1=O. The van der Waals surface area contributed by atoms with Crippen LogP contribution in [0.3, 0.4) is 0 Å². The zero-order valence-electron chi connectivity index (χ0n) is 13.1. The summed E-state index contributed by atoms with van der Waals surface area (Å²) in [5, 5.41) is 3.22. The van der Waals surface area contributed by atoms with E-state index in [0.29, 0.717) is 17.5 Å². The van der Waals surface area contributed by atoms with Crippen LogP contribution in [0.25, 0.3) is 11.0 Å². The van der Waals surface area contributed by atoms with Crippen molar-refractivity contribution in [1.82, 2.24) is 14.9 Å². The first kappa shape index (κ1) is 16.5. The summed E-state index contributed by atoms with van der Waals surface area (Å²) in [5.74, 6) is 0.698. The van der Waals surface area contributed by atoms with Crippen LogP contribution in [0.5, 0.6) is 0 Å². The number of benzene rings is 1. The van der Waals surface area contributed by atoms with E-state index in [4.69, 9.17) is 0 Å². The smallest absolute Gasteiger partial charge is 0.283 e. The van der Waals surface area contributed by atoms with Gasteiger partial charge in [-0.25, -0.2) is 4.98 Å². The maximum Gasteiger partial charge on any atom is 0.283 e. The van der Waals surface area contributed by atoms with Crippen LogP contribution in [0.15, 0.2) is 34.1 Å². The van der Waals surface area contributed by atoms with Crippen LogP contribution in [0.4, 0.5) is 0 Å². The summed E-state index contributed by atoms with van der Waals surface area (Å²) >= 11 is 1.19. The van der Waals surface area contributed by atoms with Crippen molar-refractivity contribution in [3.05, 3.63) is 34.6 Å². The second kappa shape index (κ2) is 7.45. The largest absolute Gasteiger partial charge is 0.355 e. The van der Waals surface area contributed by atoms with E-state index in [0.717, 1.165) is 17.5 Å². The van der Waals surface area contributed by atoms with Crippen molar-refractivity contribution < 1.29 is 4.79 Å². The van der Waals surface area contributed by atoms with E-state index < -0.39 is 0 Å². The van der Waals surface area contributed by atoms with Gasteiger partial charge < -0.3 is 9.88 Å². The van der Waals surface area contributed by atoms with Gasteiger partial charge >= 0.3 is 0 Å². The molecule has 0 aliphatic carbocycles. The molecule has 0 aliphatic rings. The van der Waals surface area contributed by atoms with Crippen molar-refractivity contribution in [2.24, 2.45) is 13.0 Å². The molecule has 22 heavy (non-hydrogen) atoms. The van der Waals surface area contributed by atoms with Gasteiger partial charge in [0.15, 0.2) is 5.03 Å². The Hall–Kier alpha value is -1.82. The Balaban J connectivity index is 2.04. The van der Waals surface area contributed by atoms with E-state index in [1.165, 1.54) is 11.8 Å². The molecule has 1 N–H and O–H groups in total. The van der Waals surface area contributed by atoms with E-state index in [1.54, 1.807) is 11.6 Å². The number of aromatic nitrogens is 2. The first-order valence-corrected chi connectivity index (χ1v) is 8.33. The Morgan fingerprint density at radius 1 is 1.36 bits per heavy atom. The second-order valence-electron chi connectivity index (χ2n) is 5.59. The molecule has 0 saturated heterocycles. The summed E-state index contributed by atoms with van der Waals surface area (Å²) in [4.78, 5) is 28.4. The van der Waals surface area contributed by atoms with Gasteiger partial charge in [-0.15, -0.1) is 0 Å². The normalized spacial score (nSPS) is 11.1. The summed E-state index contributed by atoms with van der Waals surface area (Å²) in [7, 11) is 1.72. The maximum absolute atomic E-state index is 12.2. The number of carbonyl (C=O) groups is 1. The summed E-state index contributed by atoms with van der Waals surface area (Å²) in [5.41, 5.74) is 1.38. The predicted octanol–water partition coefficient (Wildman–Crippen LogP) is 2.19. The lowest BCUT2D eigenvalue weighted by atomic mass is 10.1. The highest BCUT2D eigenvalue weighted by molar-refractivity contribution is 7.99. The topological polar surface area (TPSA) is 64.0 Å². The van der Waals surface area contributed by atoms with Crippen molar-refractivity contribution >= 4 is 28.7 Å². The van der Waals surface area contributed by atoms with Crippen LogP contribution in [0, 0.1) is 5.92 Å². The molecule has 0 atom stereocenters. The van der Waals surface area contributed by atoms with Gasteiger partial charge in [0.25, 0.3) is 5.56 Å². The number of para-hydroxylation sites is 2. The van der Waals surface area contributed by atoms with Gasteiger partial charge in [-0.05, 0) is 24.5 Å². The number of carbonyl (C=O) groups excluding carboxylic acids is 1. The summed E-state index contributed by atoms with van der Waals surface area (Å²) in [6.45, 7) is 4.90. The third kappa shape index (κ3) is 4.10. The monoisotopic (exact) mass is 319 g/mol. The Morgan fingerprint density at radius 2 is 2.09 bits per heavy atom. The van der Waals surface area contributed by atoms with Crippen LogP contribution < -0.4 is 10.9 Å². The number of amides is 1. The number of aryl methyl sites for hydroxylation is 1. The Bertz CT molecular complexity index is 725. The van der Waals surface area contributed by atoms with E-state index in [1.807, 2.05) is 24.3 Å². The molecular weight excluding hydrogens is 298 g/mol. The van der Waals surface area contributed by atoms with E-state index in [-0.39, 0.29) is 17.2 Å². The van der Waals surface area contributed by atoms with Crippen molar-refractivity contribution in [3.8, 4) is 0 Å². The number of nitrogens with zero attached hydrogens (tertiary/aromatic N) is 2. The van der Waals surface area contributed by atoms with Crippen molar-refractivity contribution in [1.29, 1.82) is 0 Å². The van der Waals surface area contributed by atoms with Crippen LogP contribution in [0.1, 0.15) is 20.3 Å². The molecule has 1 amide bonds. The van der Waals surface area contributed by atoms with Gasteiger partial charge in [-0.3, -0.25) is 9.59 Å². The lowest BCUT2D eigenvalue weighted by Gasteiger charge is -2.08. The number of thioether (sulfide) groups is 1. The summed E-state index contributed by atoms with van der Waals surface area (Å²) < 4.78 is 1.57. The van der Waals surface area contributed by atoms with Crippen LogP contribution in [-0.4, -0.2) is 27.8 Å². The van der Waals surface area contributed by atoms with Gasteiger partial charge in [-0.2, -0.15) is 0 Å². The number of nitrogens with one attached hydrogen (secondary N) is 1. The quantitative estimate of drug-likeness (QED) is 0.829. The standard InChI is InChI=1S/C16H21N3O2S/c1-11(2)8-9-17-14(20)10-22-15-16(21)19(3)13-7-5-4-6-12(13)18-15/h4-7,11H,8-10H2,1-3H3,(H,17,20). The van der Waals surface area contributed by atoms with Crippen LogP contribution in [0.2, 0.25) is 0 Å². The van der Waals surface area contributed by atoms with Gasteiger partial charge in [0.05, 0.1) is 16.8 Å². The average molecular weight is 319 g/mol. The lowest BCUT2D eigenvalue weighted by Crippen LogP contribution is -2.28. The van der Waals surface area contributed by atoms with Gasteiger partial charge in [-0.1, -0.05) is 37.7 Å². The second-order valence-corrected chi connectivity index (χ2v) is 6.56. The molecule has 2 rings (SSSR count). The molecule has 1 heterocycles. The fourth-order valence-electron chi connectivity index (χ4n) is 2.03. The number of fused-ring (bicyclic) bond motifs is 1. The minimum atomic E-state index is -0.168. The van der Waals surface area contributed by atoms with E-state index in [9.17, 15) is 9.59 Å². The zero-order chi connectivity index (χ0) is 16.1. The minimum absolute atomic E-state index is 0.0670. The van der Waals surface area contributed by atoms with Crippen molar-refractivity contribution in [2.75, 3.05) is 12.3 Å². The zero-order valence-corrected chi connectivity index (χ0v) is 13.9. The van der Waals surface area contributed by atoms with Crippen molar-refractivity contribution in [3.63, 3.8) is 0 Å². The lowest BCUT2D eigenvalue weighted by molar-refractivity contribution is -0.118. The molecular formula is C16H21N3O2S. The highest BCUT2D eigenvalue weighted by Gasteiger charge is 2.11.